The number of allylic oxidation sites excluding steroid dienone is 2. The van der Waals surface area contributed by atoms with Gasteiger partial charge in [-0.3, -0.25) is 0 Å². The van der Waals surface area contributed by atoms with Crippen molar-refractivity contribution in [1.29, 1.82) is 0 Å². The summed E-state index contributed by atoms with van der Waals surface area (Å²) < 4.78 is 1.61. The van der Waals surface area contributed by atoms with Crippen LogP contribution in [0.3, 0.4) is 0 Å². The van der Waals surface area contributed by atoms with E-state index >= 15 is 0 Å². The first-order chi connectivity index (χ1) is 25.1. The summed E-state index contributed by atoms with van der Waals surface area (Å²) in [4.78, 5) is 0. The van der Waals surface area contributed by atoms with Crippen molar-refractivity contribution in [2.24, 2.45) is 0 Å². The van der Waals surface area contributed by atoms with E-state index in [1.807, 2.05) is 0 Å². The summed E-state index contributed by atoms with van der Waals surface area (Å²) >= 11 is 0. The fourth-order valence-corrected chi connectivity index (χ4v) is 7.20. The van der Waals surface area contributed by atoms with Crippen molar-refractivity contribution in [2.75, 3.05) is 13.2 Å². The molecule has 0 amide bonds. The van der Waals surface area contributed by atoms with Gasteiger partial charge < -0.3 is 15.7 Å². The normalized spacial score (nSPS) is 12.4. The first-order valence-corrected chi connectivity index (χ1v) is 21.6. The molecular weight excluding hydrogens is 743 g/mol. The summed E-state index contributed by atoms with van der Waals surface area (Å²) in [7, 11) is 0. The fourth-order valence-electron chi connectivity index (χ4n) is 7.20. The maximum Gasteiger partial charge on any atom is 0.211 e. The standard InChI is InChI=1S/C40H60N2.2C4H10O.Pd/c1-9-14-16-17-18-19-24-38-37(23-15-10-2)39(34-25-29(6)31(8)30(7)26-34)42(41)40(38)35-27-32(20-11-3)36(22-13-5)33(28-35)21-12-4;2*1-2-3-4-5;/h25-28H,9-24H2,1-8H3;2*5H,2-4H2,1H3;. The Balaban J connectivity index is 0.00000217. The van der Waals surface area contributed by atoms with Gasteiger partial charge in [0, 0.05) is 55.9 Å². The van der Waals surface area contributed by atoms with Crippen molar-refractivity contribution in [3.63, 3.8) is 0 Å². The van der Waals surface area contributed by atoms with Crippen LogP contribution in [-0.2, 0) is 39.7 Å². The van der Waals surface area contributed by atoms with Gasteiger partial charge in [-0.05, 0) is 136 Å². The van der Waals surface area contributed by atoms with Crippen LogP contribution in [0.1, 0.15) is 202 Å². The van der Waals surface area contributed by atoms with Gasteiger partial charge in [0.05, 0.1) is 0 Å². The number of hydrogen-bond donors (Lipinski definition) is 2. The van der Waals surface area contributed by atoms with E-state index in [0.717, 1.165) is 100 Å². The van der Waals surface area contributed by atoms with E-state index in [0.29, 0.717) is 13.2 Å². The first kappa shape index (κ1) is 51.1. The van der Waals surface area contributed by atoms with Gasteiger partial charge in [0.15, 0.2) is 0 Å². The molecule has 0 radical (unpaired) electrons. The minimum atomic E-state index is 0. The number of hydrogen-bond acceptors (Lipinski definition) is 2. The van der Waals surface area contributed by atoms with Gasteiger partial charge in [-0.25, -0.2) is 4.70 Å². The van der Waals surface area contributed by atoms with Crippen LogP contribution < -0.4 is 0 Å². The number of benzene rings is 2. The molecule has 1 aliphatic heterocycles. The molecule has 0 unspecified atom stereocenters. The molecule has 0 saturated carbocycles. The largest absolute Gasteiger partial charge is 0.493 e. The van der Waals surface area contributed by atoms with Gasteiger partial charge in [0.2, 0.25) is 11.4 Å². The molecule has 304 valence electrons. The van der Waals surface area contributed by atoms with E-state index in [-0.39, 0.29) is 20.4 Å². The Hall–Kier alpha value is -1.90. The van der Waals surface area contributed by atoms with E-state index in [1.54, 1.807) is 10.3 Å². The third-order valence-corrected chi connectivity index (χ3v) is 10.4. The summed E-state index contributed by atoms with van der Waals surface area (Å²) in [5.74, 6) is 0. The molecule has 0 atom stereocenters. The average molecular weight is 824 g/mol. The van der Waals surface area contributed by atoms with E-state index in [2.05, 4.69) is 93.5 Å². The number of aliphatic hydroxyl groups excluding tert-OH is 2. The zero-order chi connectivity index (χ0) is 38.9. The van der Waals surface area contributed by atoms with Gasteiger partial charge in [-0.2, -0.15) is 0 Å². The Kier molecular flexibility index (Phi) is 29.3. The molecule has 0 aromatic heterocycles. The topological polar surface area (TPSA) is 65.8 Å². The molecule has 1 aliphatic rings. The molecule has 4 nitrogen and oxygen atoms in total. The van der Waals surface area contributed by atoms with Gasteiger partial charge >= 0.3 is 0 Å². The summed E-state index contributed by atoms with van der Waals surface area (Å²) in [6.45, 7) is 22.9. The van der Waals surface area contributed by atoms with Crippen LogP contribution in [0, 0.1) is 20.8 Å². The zero-order valence-electron chi connectivity index (χ0n) is 36.0. The van der Waals surface area contributed by atoms with Crippen LogP contribution >= 0.6 is 0 Å². The van der Waals surface area contributed by atoms with Crippen molar-refractivity contribution < 1.29 is 35.3 Å². The Bertz CT molecular complexity index is 1330. The molecular formula is C48H80N2O2Pd. The molecule has 0 aliphatic carbocycles. The predicted molar refractivity (Wildman–Crippen MR) is 228 cm³/mol. The second-order valence-electron chi connectivity index (χ2n) is 15.0. The number of nitrogens with zero attached hydrogens (tertiary/aromatic N) is 2. The Labute approximate surface area is 341 Å². The summed E-state index contributed by atoms with van der Waals surface area (Å²) in [5, 5.41) is 16.1. The monoisotopic (exact) mass is 823 g/mol. The van der Waals surface area contributed by atoms with Crippen LogP contribution in [0.15, 0.2) is 35.4 Å². The number of aryl methyl sites for hydroxylation is 4. The molecule has 0 saturated heterocycles. The molecule has 2 aromatic carbocycles. The molecule has 1 heterocycles. The van der Waals surface area contributed by atoms with Crippen LogP contribution in [-0.4, -0.2) is 28.1 Å². The number of aliphatic hydroxyl groups is 2. The Morgan fingerprint density at radius 3 is 1.26 bits per heavy atom. The molecule has 0 spiro atoms. The second kappa shape index (κ2) is 30.3. The van der Waals surface area contributed by atoms with Crippen molar-refractivity contribution in [3.05, 3.63) is 85.5 Å². The molecule has 5 heteroatoms. The van der Waals surface area contributed by atoms with Crippen LogP contribution in [0.5, 0.6) is 0 Å². The van der Waals surface area contributed by atoms with E-state index in [4.69, 9.17) is 10.2 Å². The van der Waals surface area contributed by atoms with Crippen molar-refractivity contribution >= 4 is 11.4 Å². The molecule has 53 heavy (non-hydrogen) atoms. The van der Waals surface area contributed by atoms with E-state index in [9.17, 15) is 5.53 Å². The SMILES string of the molecule is CCCCCCCCC1=C(c2cc(CCC)c(CCC)c(CCC)c2)[N+](=[N-])C(c2cc(C)c(C)c(C)c2)=C1CCCC.CCCCO.CCCCO.[Pd]. The minimum Gasteiger partial charge on any atom is -0.493 e. The zero-order valence-corrected chi connectivity index (χ0v) is 37.5. The van der Waals surface area contributed by atoms with Crippen molar-refractivity contribution in [3.8, 4) is 0 Å². The molecule has 2 aromatic rings. The van der Waals surface area contributed by atoms with Gasteiger partial charge in [-0.15, -0.1) is 0 Å². The second-order valence-corrected chi connectivity index (χ2v) is 15.0. The Morgan fingerprint density at radius 1 is 0.472 bits per heavy atom. The third kappa shape index (κ3) is 16.8. The maximum absolute atomic E-state index is 12.3. The van der Waals surface area contributed by atoms with Crippen LogP contribution in [0.25, 0.3) is 16.9 Å². The molecule has 0 fully saturated rings. The average Bonchev–Trinajstić information content (AvgIpc) is 3.40. The molecule has 2 N–H and O–H groups in total. The fraction of sp³-hybridized carbons (Fsp3) is 0.667. The number of unbranched alkanes of at least 4 members (excludes halogenated alkanes) is 8. The first-order valence-electron chi connectivity index (χ1n) is 21.6. The van der Waals surface area contributed by atoms with Crippen LogP contribution in [0.4, 0.5) is 0 Å². The third-order valence-electron chi connectivity index (χ3n) is 10.4. The summed E-state index contributed by atoms with van der Waals surface area (Å²) in [6.07, 6.45) is 22.9. The number of rotatable bonds is 22. The maximum atomic E-state index is 12.3. The Morgan fingerprint density at radius 2 is 0.868 bits per heavy atom. The predicted octanol–water partition coefficient (Wildman–Crippen LogP) is 14.1. The van der Waals surface area contributed by atoms with Gasteiger partial charge in [-0.1, -0.05) is 119 Å². The minimum absolute atomic E-state index is 0. The molecule has 3 rings (SSSR count). The smallest absolute Gasteiger partial charge is 0.211 e. The van der Waals surface area contributed by atoms with Gasteiger partial charge in [0.1, 0.15) is 0 Å². The van der Waals surface area contributed by atoms with E-state index in [1.165, 1.54) is 89.5 Å². The van der Waals surface area contributed by atoms with Crippen molar-refractivity contribution in [2.45, 2.75) is 198 Å². The summed E-state index contributed by atoms with van der Waals surface area (Å²) in [6, 6.07) is 9.49. The molecule has 0 bridgehead atoms. The van der Waals surface area contributed by atoms with E-state index < -0.39 is 0 Å². The summed E-state index contributed by atoms with van der Waals surface area (Å²) in [5.41, 5.74) is 28.0. The van der Waals surface area contributed by atoms with Crippen LogP contribution in [0.2, 0.25) is 0 Å². The van der Waals surface area contributed by atoms with Gasteiger partial charge in [0.25, 0.3) is 0 Å². The quantitative estimate of drug-likeness (QED) is 0.0706. The van der Waals surface area contributed by atoms with Crippen molar-refractivity contribution in [1.82, 2.24) is 0 Å².